The van der Waals surface area contributed by atoms with Gasteiger partial charge < -0.3 is 15.0 Å². The summed E-state index contributed by atoms with van der Waals surface area (Å²) in [5, 5.41) is 0. The van der Waals surface area contributed by atoms with E-state index in [4.69, 9.17) is 15.5 Å². The Morgan fingerprint density at radius 2 is 1.92 bits per heavy atom. The topological polar surface area (TPSA) is 53.1 Å². The van der Waals surface area contributed by atoms with E-state index in [2.05, 4.69) is 49.6 Å². The number of aryl methyl sites for hydroxylation is 3. The molecule has 0 bridgehead atoms. The first-order chi connectivity index (χ1) is 11.6. The molecule has 2 aromatic carbocycles. The van der Waals surface area contributed by atoms with Gasteiger partial charge in [0.25, 0.3) is 0 Å². The molecule has 4 heteroatoms. The molecule has 0 fully saturated rings. The second-order valence-corrected chi connectivity index (χ2v) is 6.18. The van der Waals surface area contributed by atoms with E-state index in [0.29, 0.717) is 13.2 Å². The molecule has 0 unspecified atom stereocenters. The first-order valence-electron chi connectivity index (χ1n) is 8.50. The van der Waals surface area contributed by atoms with E-state index in [-0.39, 0.29) is 0 Å². The van der Waals surface area contributed by atoms with E-state index in [0.717, 1.165) is 35.6 Å². The summed E-state index contributed by atoms with van der Waals surface area (Å²) in [5.41, 5.74) is 11.7. The third-order valence-electron chi connectivity index (χ3n) is 4.47. The molecule has 0 radical (unpaired) electrons. The highest BCUT2D eigenvalue weighted by molar-refractivity contribution is 5.78. The molecular weight excluding hydrogens is 298 g/mol. The Kier molecular flexibility index (Phi) is 4.86. The third-order valence-corrected chi connectivity index (χ3v) is 4.47. The summed E-state index contributed by atoms with van der Waals surface area (Å²) in [5.74, 6) is 1.80. The van der Waals surface area contributed by atoms with Gasteiger partial charge in [-0.25, -0.2) is 4.98 Å². The molecule has 0 spiro atoms. The van der Waals surface area contributed by atoms with E-state index in [9.17, 15) is 0 Å². The van der Waals surface area contributed by atoms with Gasteiger partial charge in [-0.05, 0) is 61.2 Å². The summed E-state index contributed by atoms with van der Waals surface area (Å²) in [6.45, 7) is 8.15. The standard InChI is InChI=1S/C20H25N3O/c1-4-16-6-5-7-17(12-16)24-13-20-22-18-10-14(2)15(3)11-19(18)23(20)9-8-21/h5-7,10-12H,4,8-9,13,21H2,1-3H3. The first kappa shape index (κ1) is 16.5. The second-order valence-electron chi connectivity index (χ2n) is 6.18. The molecule has 0 amide bonds. The minimum absolute atomic E-state index is 0.444. The number of benzene rings is 2. The minimum Gasteiger partial charge on any atom is -0.486 e. The number of aromatic nitrogens is 2. The smallest absolute Gasteiger partial charge is 0.148 e. The van der Waals surface area contributed by atoms with Crippen molar-refractivity contribution in [1.29, 1.82) is 0 Å². The van der Waals surface area contributed by atoms with Crippen molar-refractivity contribution in [3.05, 3.63) is 58.9 Å². The lowest BCUT2D eigenvalue weighted by molar-refractivity contribution is 0.290. The average molecular weight is 323 g/mol. The maximum Gasteiger partial charge on any atom is 0.148 e. The number of fused-ring (bicyclic) bond motifs is 1. The van der Waals surface area contributed by atoms with Gasteiger partial charge in [-0.1, -0.05) is 19.1 Å². The van der Waals surface area contributed by atoms with Gasteiger partial charge in [0, 0.05) is 13.1 Å². The number of hydrogen-bond donors (Lipinski definition) is 1. The van der Waals surface area contributed by atoms with Crippen LogP contribution in [0.15, 0.2) is 36.4 Å². The number of nitrogens with two attached hydrogens (primary N) is 1. The van der Waals surface area contributed by atoms with Gasteiger partial charge in [0.15, 0.2) is 0 Å². The summed E-state index contributed by atoms with van der Waals surface area (Å²) < 4.78 is 8.16. The lowest BCUT2D eigenvalue weighted by Crippen LogP contribution is -2.14. The van der Waals surface area contributed by atoms with Crippen LogP contribution in [0.2, 0.25) is 0 Å². The fraction of sp³-hybridized carbons (Fsp3) is 0.350. The Hall–Kier alpha value is -2.33. The number of imidazole rings is 1. The zero-order valence-corrected chi connectivity index (χ0v) is 14.7. The van der Waals surface area contributed by atoms with Gasteiger partial charge in [-0.3, -0.25) is 0 Å². The number of ether oxygens (including phenoxy) is 1. The van der Waals surface area contributed by atoms with Crippen molar-refractivity contribution in [1.82, 2.24) is 9.55 Å². The van der Waals surface area contributed by atoms with Crippen molar-refractivity contribution in [2.45, 2.75) is 40.3 Å². The highest BCUT2D eigenvalue weighted by atomic mass is 16.5. The normalized spacial score (nSPS) is 11.2. The van der Waals surface area contributed by atoms with Crippen LogP contribution < -0.4 is 10.5 Å². The second kappa shape index (κ2) is 7.05. The Labute approximate surface area is 143 Å². The predicted octanol–water partition coefficient (Wildman–Crippen LogP) is 3.75. The molecule has 126 valence electrons. The van der Waals surface area contributed by atoms with Crippen molar-refractivity contribution in [2.75, 3.05) is 6.54 Å². The van der Waals surface area contributed by atoms with Crippen LogP contribution in [0, 0.1) is 13.8 Å². The van der Waals surface area contributed by atoms with Gasteiger partial charge >= 0.3 is 0 Å². The Morgan fingerprint density at radius 3 is 2.67 bits per heavy atom. The summed E-state index contributed by atoms with van der Waals surface area (Å²) >= 11 is 0. The summed E-state index contributed by atoms with van der Waals surface area (Å²) in [6.07, 6.45) is 1.00. The molecule has 4 nitrogen and oxygen atoms in total. The van der Waals surface area contributed by atoms with E-state index in [1.807, 2.05) is 12.1 Å². The van der Waals surface area contributed by atoms with Gasteiger partial charge in [-0.15, -0.1) is 0 Å². The lowest BCUT2D eigenvalue weighted by Gasteiger charge is -2.10. The molecule has 0 atom stereocenters. The molecule has 0 saturated carbocycles. The Bertz CT molecular complexity index is 851. The molecule has 1 heterocycles. The summed E-state index contributed by atoms with van der Waals surface area (Å²) in [6, 6.07) is 12.5. The third kappa shape index (κ3) is 3.29. The van der Waals surface area contributed by atoms with E-state index >= 15 is 0 Å². The van der Waals surface area contributed by atoms with Crippen molar-refractivity contribution >= 4 is 11.0 Å². The van der Waals surface area contributed by atoms with Crippen LogP contribution in [0.3, 0.4) is 0 Å². The van der Waals surface area contributed by atoms with Gasteiger partial charge in [0.05, 0.1) is 11.0 Å². The zero-order valence-electron chi connectivity index (χ0n) is 14.7. The highest BCUT2D eigenvalue weighted by Gasteiger charge is 2.12. The number of nitrogens with zero attached hydrogens (tertiary/aromatic N) is 2. The molecule has 0 aliphatic rings. The largest absolute Gasteiger partial charge is 0.486 e. The van der Waals surface area contributed by atoms with Gasteiger partial charge in [-0.2, -0.15) is 0 Å². The van der Waals surface area contributed by atoms with Crippen molar-refractivity contribution in [3.63, 3.8) is 0 Å². The molecule has 3 aromatic rings. The molecule has 24 heavy (non-hydrogen) atoms. The van der Waals surface area contributed by atoms with Crippen molar-refractivity contribution < 1.29 is 4.74 Å². The van der Waals surface area contributed by atoms with Crippen LogP contribution in [0.4, 0.5) is 0 Å². The van der Waals surface area contributed by atoms with Crippen molar-refractivity contribution in [3.8, 4) is 5.75 Å². The SMILES string of the molecule is CCc1cccc(OCc2nc3cc(C)c(C)cc3n2CCN)c1. The summed E-state index contributed by atoms with van der Waals surface area (Å²) in [7, 11) is 0. The van der Waals surface area contributed by atoms with Crippen LogP contribution in [0.1, 0.15) is 29.4 Å². The fourth-order valence-electron chi connectivity index (χ4n) is 2.92. The zero-order chi connectivity index (χ0) is 17.1. The number of rotatable bonds is 6. The molecule has 0 aliphatic carbocycles. The Morgan fingerprint density at radius 1 is 1.12 bits per heavy atom. The average Bonchev–Trinajstić information content (AvgIpc) is 2.91. The predicted molar refractivity (Wildman–Crippen MR) is 98.4 cm³/mol. The Balaban J connectivity index is 1.91. The minimum atomic E-state index is 0.444. The van der Waals surface area contributed by atoms with Gasteiger partial charge in [0.1, 0.15) is 18.2 Å². The maximum atomic E-state index is 5.99. The maximum absolute atomic E-state index is 5.99. The van der Waals surface area contributed by atoms with Gasteiger partial charge in [0.2, 0.25) is 0 Å². The lowest BCUT2D eigenvalue weighted by atomic mass is 10.1. The monoisotopic (exact) mass is 323 g/mol. The van der Waals surface area contributed by atoms with Crippen LogP contribution in [0.5, 0.6) is 5.75 Å². The quantitative estimate of drug-likeness (QED) is 0.751. The molecule has 2 N–H and O–H groups in total. The first-order valence-corrected chi connectivity index (χ1v) is 8.50. The van der Waals surface area contributed by atoms with Crippen molar-refractivity contribution in [2.24, 2.45) is 5.73 Å². The van der Waals surface area contributed by atoms with Crippen LogP contribution in [-0.4, -0.2) is 16.1 Å². The molecule has 0 saturated heterocycles. The highest BCUT2D eigenvalue weighted by Crippen LogP contribution is 2.22. The van der Waals surface area contributed by atoms with E-state index < -0.39 is 0 Å². The molecule has 3 rings (SSSR count). The summed E-state index contributed by atoms with van der Waals surface area (Å²) in [4.78, 5) is 4.77. The molecule has 1 aromatic heterocycles. The van der Waals surface area contributed by atoms with Crippen LogP contribution in [-0.2, 0) is 19.6 Å². The van der Waals surface area contributed by atoms with Crippen LogP contribution in [0.25, 0.3) is 11.0 Å². The molecular formula is C20H25N3O. The molecule has 0 aliphatic heterocycles. The van der Waals surface area contributed by atoms with Crippen LogP contribution >= 0.6 is 0 Å². The van der Waals surface area contributed by atoms with E-state index in [1.54, 1.807) is 0 Å². The fourth-order valence-corrected chi connectivity index (χ4v) is 2.92. The van der Waals surface area contributed by atoms with E-state index in [1.165, 1.54) is 16.7 Å². The number of hydrogen-bond acceptors (Lipinski definition) is 3.